The molecular formula is C12H18FNO2. The molecule has 0 atom stereocenters. The van der Waals surface area contributed by atoms with Gasteiger partial charge in [0.15, 0.2) is 0 Å². The van der Waals surface area contributed by atoms with Gasteiger partial charge in [-0.1, -0.05) is 13.8 Å². The molecule has 0 aromatic carbocycles. The fourth-order valence-electron chi connectivity index (χ4n) is 1.37. The smallest absolute Gasteiger partial charge is 0.219 e. The molecule has 1 aromatic rings. The second-order valence-corrected chi connectivity index (χ2v) is 4.16. The molecule has 1 aromatic heterocycles. The van der Waals surface area contributed by atoms with Crippen molar-refractivity contribution >= 4 is 0 Å². The Morgan fingerprint density at radius 2 is 2.25 bits per heavy atom. The van der Waals surface area contributed by atoms with Gasteiger partial charge in [0, 0.05) is 5.56 Å². The first-order chi connectivity index (χ1) is 7.63. The van der Waals surface area contributed by atoms with Crippen molar-refractivity contribution in [3.05, 3.63) is 23.6 Å². The minimum atomic E-state index is -0.460. The Morgan fingerprint density at radius 3 is 2.88 bits per heavy atom. The summed E-state index contributed by atoms with van der Waals surface area (Å²) in [5.74, 6) is 0.508. The van der Waals surface area contributed by atoms with Crippen LogP contribution < -0.4 is 4.74 Å². The average molecular weight is 227 g/mol. The highest BCUT2D eigenvalue weighted by atomic mass is 19.1. The molecule has 0 aliphatic carbocycles. The normalized spacial score (nSPS) is 10.8. The van der Waals surface area contributed by atoms with Crippen molar-refractivity contribution in [3.8, 4) is 5.88 Å². The van der Waals surface area contributed by atoms with Crippen LogP contribution >= 0.6 is 0 Å². The highest BCUT2D eigenvalue weighted by Crippen LogP contribution is 2.16. The topological polar surface area (TPSA) is 42.4 Å². The predicted molar refractivity (Wildman–Crippen MR) is 59.7 cm³/mol. The average Bonchev–Trinajstić information content (AvgIpc) is 2.25. The third kappa shape index (κ3) is 4.14. The summed E-state index contributed by atoms with van der Waals surface area (Å²) in [6.45, 7) is 4.58. The molecular weight excluding hydrogens is 209 g/mol. The van der Waals surface area contributed by atoms with Crippen molar-refractivity contribution in [1.82, 2.24) is 4.98 Å². The lowest BCUT2D eigenvalue weighted by Crippen LogP contribution is -2.04. The second kappa shape index (κ2) is 6.43. The minimum absolute atomic E-state index is 0.260. The molecule has 0 radical (unpaired) electrons. The van der Waals surface area contributed by atoms with E-state index in [0.29, 0.717) is 24.0 Å². The van der Waals surface area contributed by atoms with Crippen molar-refractivity contribution in [2.45, 2.75) is 33.3 Å². The number of aliphatic hydroxyl groups is 1. The summed E-state index contributed by atoms with van der Waals surface area (Å²) >= 11 is 0. The van der Waals surface area contributed by atoms with Crippen molar-refractivity contribution < 1.29 is 14.2 Å². The van der Waals surface area contributed by atoms with Crippen molar-refractivity contribution in [1.29, 1.82) is 0 Å². The van der Waals surface area contributed by atoms with Gasteiger partial charge >= 0.3 is 0 Å². The zero-order chi connectivity index (χ0) is 12.0. The van der Waals surface area contributed by atoms with Gasteiger partial charge in [-0.15, -0.1) is 0 Å². The number of nitrogens with zero attached hydrogens (tertiary/aromatic N) is 1. The Kier molecular flexibility index (Phi) is 5.19. The van der Waals surface area contributed by atoms with Crippen LogP contribution in [0, 0.1) is 11.7 Å². The number of aliphatic hydroxyl groups excluding tert-OH is 1. The van der Waals surface area contributed by atoms with Crippen molar-refractivity contribution in [2.24, 2.45) is 5.92 Å². The number of ether oxygens (including phenoxy) is 1. The van der Waals surface area contributed by atoms with Crippen molar-refractivity contribution in [3.63, 3.8) is 0 Å². The van der Waals surface area contributed by atoms with E-state index in [2.05, 4.69) is 18.8 Å². The molecule has 1 N–H and O–H groups in total. The van der Waals surface area contributed by atoms with Gasteiger partial charge in [0.1, 0.15) is 5.82 Å². The molecule has 0 bridgehead atoms. The van der Waals surface area contributed by atoms with E-state index in [1.54, 1.807) is 0 Å². The summed E-state index contributed by atoms with van der Waals surface area (Å²) in [4.78, 5) is 3.81. The Hall–Kier alpha value is -1.16. The molecule has 0 fully saturated rings. The van der Waals surface area contributed by atoms with E-state index in [4.69, 9.17) is 9.84 Å². The molecule has 0 unspecified atom stereocenters. The standard InChI is InChI=1S/C12H18FNO2/c1-9(2)4-3-5-16-12-10(8-15)6-11(13)7-14-12/h6-7,9,15H,3-5,8H2,1-2H3. The van der Waals surface area contributed by atoms with E-state index in [1.165, 1.54) is 6.07 Å². The number of rotatable bonds is 6. The Morgan fingerprint density at radius 1 is 1.50 bits per heavy atom. The van der Waals surface area contributed by atoms with Gasteiger partial charge in [-0.05, 0) is 24.8 Å². The van der Waals surface area contributed by atoms with Crippen LogP contribution in [0.4, 0.5) is 4.39 Å². The SMILES string of the molecule is CC(C)CCCOc1ncc(F)cc1CO. The predicted octanol–water partition coefficient (Wildman–Crippen LogP) is 2.53. The Balaban J connectivity index is 2.47. The van der Waals surface area contributed by atoms with E-state index < -0.39 is 5.82 Å². The first-order valence-corrected chi connectivity index (χ1v) is 5.51. The van der Waals surface area contributed by atoms with Crippen LogP contribution in [0.1, 0.15) is 32.3 Å². The molecule has 3 nitrogen and oxygen atoms in total. The first-order valence-electron chi connectivity index (χ1n) is 5.51. The molecule has 4 heteroatoms. The quantitative estimate of drug-likeness (QED) is 0.759. The van der Waals surface area contributed by atoms with Crippen LogP contribution in [0.5, 0.6) is 5.88 Å². The van der Waals surface area contributed by atoms with Crippen LogP contribution in [-0.4, -0.2) is 16.7 Å². The fraction of sp³-hybridized carbons (Fsp3) is 0.583. The maximum absolute atomic E-state index is 12.8. The summed E-state index contributed by atoms with van der Waals surface area (Å²) in [6, 6.07) is 1.24. The monoisotopic (exact) mass is 227 g/mol. The molecule has 16 heavy (non-hydrogen) atoms. The van der Waals surface area contributed by atoms with Gasteiger partial charge < -0.3 is 9.84 Å². The number of hydrogen-bond acceptors (Lipinski definition) is 3. The van der Waals surface area contributed by atoms with Gasteiger partial charge in [-0.25, -0.2) is 9.37 Å². The van der Waals surface area contributed by atoms with E-state index in [9.17, 15) is 4.39 Å². The van der Waals surface area contributed by atoms with Gasteiger partial charge in [0.2, 0.25) is 5.88 Å². The molecule has 0 spiro atoms. The summed E-state index contributed by atoms with van der Waals surface area (Å²) < 4.78 is 18.2. The lowest BCUT2D eigenvalue weighted by molar-refractivity contribution is 0.250. The Bertz CT molecular complexity index is 329. The third-order valence-electron chi connectivity index (χ3n) is 2.23. The zero-order valence-electron chi connectivity index (χ0n) is 9.74. The Labute approximate surface area is 95.3 Å². The summed E-state index contributed by atoms with van der Waals surface area (Å²) in [7, 11) is 0. The van der Waals surface area contributed by atoms with E-state index in [0.717, 1.165) is 19.0 Å². The molecule has 0 saturated carbocycles. The summed E-state index contributed by atoms with van der Waals surface area (Å²) in [5, 5.41) is 9.00. The number of halogens is 1. The van der Waals surface area contributed by atoms with Crippen molar-refractivity contribution in [2.75, 3.05) is 6.61 Å². The summed E-state index contributed by atoms with van der Waals surface area (Å²) in [5.41, 5.74) is 0.393. The fourth-order valence-corrected chi connectivity index (χ4v) is 1.37. The van der Waals surface area contributed by atoms with Gasteiger partial charge in [0.05, 0.1) is 19.4 Å². The maximum Gasteiger partial charge on any atom is 0.219 e. The van der Waals surface area contributed by atoms with Gasteiger partial charge in [-0.3, -0.25) is 0 Å². The maximum atomic E-state index is 12.8. The lowest BCUT2D eigenvalue weighted by Gasteiger charge is -2.09. The van der Waals surface area contributed by atoms with Gasteiger partial charge in [0.25, 0.3) is 0 Å². The highest BCUT2D eigenvalue weighted by Gasteiger charge is 2.06. The molecule has 90 valence electrons. The molecule has 0 aliphatic heterocycles. The molecule has 0 amide bonds. The van der Waals surface area contributed by atoms with Gasteiger partial charge in [-0.2, -0.15) is 0 Å². The number of aromatic nitrogens is 1. The van der Waals surface area contributed by atoms with E-state index in [-0.39, 0.29) is 6.61 Å². The number of hydrogen-bond donors (Lipinski definition) is 1. The lowest BCUT2D eigenvalue weighted by atomic mass is 10.1. The molecule has 0 aliphatic rings. The van der Waals surface area contributed by atoms with E-state index in [1.807, 2.05) is 0 Å². The third-order valence-corrected chi connectivity index (χ3v) is 2.23. The van der Waals surface area contributed by atoms with Crippen LogP contribution in [0.2, 0.25) is 0 Å². The molecule has 1 rings (SSSR count). The van der Waals surface area contributed by atoms with Crippen LogP contribution in [-0.2, 0) is 6.61 Å². The van der Waals surface area contributed by atoms with E-state index >= 15 is 0 Å². The first kappa shape index (κ1) is 12.9. The largest absolute Gasteiger partial charge is 0.477 e. The van der Waals surface area contributed by atoms with Crippen LogP contribution in [0.15, 0.2) is 12.3 Å². The number of pyridine rings is 1. The molecule has 1 heterocycles. The minimum Gasteiger partial charge on any atom is -0.477 e. The van der Waals surface area contributed by atoms with Crippen LogP contribution in [0.3, 0.4) is 0 Å². The molecule has 0 saturated heterocycles. The second-order valence-electron chi connectivity index (χ2n) is 4.16. The summed E-state index contributed by atoms with van der Waals surface area (Å²) in [6.07, 6.45) is 3.11. The zero-order valence-corrected chi connectivity index (χ0v) is 9.74. The van der Waals surface area contributed by atoms with Crippen LogP contribution in [0.25, 0.3) is 0 Å². The highest BCUT2D eigenvalue weighted by molar-refractivity contribution is 5.25.